The Morgan fingerprint density at radius 2 is 1.93 bits per heavy atom. The number of methoxy groups -OCH3 is 1. The smallest absolute Gasteiger partial charge is 0.270 e. The van der Waals surface area contributed by atoms with Gasteiger partial charge in [0, 0.05) is 5.56 Å². The summed E-state index contributed by atoms with van der Waals surface area (Å²) in [7, 11) is 1.60. The number of halogens is 1. The van der Waals surface area contributed by atoms with Crippen molar-refractivity contribution in [1.82, 2.24) is 0 Å². The number of hydrogen-bond acceptors (Lipinski definition) is 4. The van der Waals surface area contributed by atoms with E-state index >= 15 is 0 Å². The fourth-order valence-corrected chi connectivity index (χ4v) is 4.32. The molecule has 3 nitrogen and oxygen atoms in total. The molecule has 0 saturated carbocycles. The van der Waals surface area contributed by atoms with E-state index in [9.17, 15) is 9.18 Å². The molecule has 4 rings (SSSR count). The lowest BCUT2D eigenvalue weighted by molar-refractivity contribution is -0.113. The van der Waals surface area contributed by atoms with Crippen molar-refractivity contribution in [3.8, 4) is 5.75 Å². The number of ether oxygens (including phenoxy) is 1. The number of rotatable bonds is 3. The topological polar surface area (TPSA) is 29.5 Å². The van der Waals surface area contributed by atoms with E-state index in [0.717, 1.165) is 16.3 Å². The van der Waals surface area contributed by atoms with Crippen LogP contribution in [0.1, 0.15) is 5.56 Å². The molecule has 134 valence electrons. The Kier molecular flexibility index (Phi) is 4.68. The maximum Gasteiger partial charge on any atom is 0.270 e. The number of benzene rings is 3. The van der Waals surface area contributed by atoms with Crippen molar-refractivity contribution in [2.45, 2.75) is 0 Å². The lowest BCUT2D eigenvalue weighted by atomic mass is 10.0. The normalized spacial score (nSPS) is 15.8. The molecular weight excluding hydrogens is 381 g/mol. The monoisotopic (exact) mass is 395 g/mol. The molecule has 0 spiro atoms. The van der Waals surface area contributed by atoms with Gasteiger partial charge in [-0.05, 0) is 41.1 Å². The van der Waals surface area contributed by atoms with Crippen molar-refractivity contribution >= 4 is 56.7 Å². The molecule has 0 aromatic heterocycles. The van der Waals surface area contributed by atoms with Crippen LogP contribution in [-0.2, 0) is 4.79 Å². The lowest BCUT2D eigenvalue weighted by Gasteiger charge is -2.14. The predicted molar refractivity (Wildman–Crippen MR) is 113 cm³/mol. The molecule has 0 unspecified atom stereocenters. The maximum atomic E-state index is 13.6. The number of amides is 1. The van der Waals surface area contributed by atoms with Crippen molar-refractivity contribution < 1.29 is 13.9 Å². The molecule has 0 aliphatic carbocycles. The number of thioether (sulfide) groups is 1. The molecule has 3 aromatic carbocycles. The van der Waals surface area contributed by atoms with E-state index in [4.69, 9.17) is 17.0 Å². The Morgan fingerprint density at radius 1 is 1.11 bits per heavy atom. The van der Waals surface area contributed by atoms with Gasteiger partial charge in [0.05, 0.1) is 17.7 Å². The van der Waals surface area contributed by atoms with E-state index < -0.39 is 5.82 Å². The molecule has 1 aliphatic rings. The number of thiocarbonyl (C=S) groups is 1. The second kappa shape index (κ2) is 7.13. The highest BCUT2D eigenvalue weighted by Gasteiger charge is 2.33. The summed E-state index contributed by atoms with van der Waals surface area (Å²) in [5.74, 6) is -0.0171. The average molecular weight is 395 g/mol. The van der Waals surface area contributed by atoms with Crippen LogP contribution in [-0.4, -0.2) is 17.3 Å². The molecule has 1 amide bonds. The number of carbonyl (C=O) groups is 1. The van der Waals surface area contributed by atoms with Crippen molar-refractivity contribution in [3.05, 3.63) is 76.9 Å². The van der Waals surface area contributed by atoms with Crippen LogP contribution in [0, 0.1) is 5.82 Å². The molecule has 27 heavy (non-hydrogen) atoms. The lowest BCUT2D eigenvalue weighted by Crippen LogP contribution is -2.27. The fourth-order valence-electron chi connectivity index (χ4n) is 3.04. The first-order valence-corrected chi connectivity index (χ1v) is 9.40. The Hall–Kier alpha value is -2.70. The van der Waals surface area contributed by atoms with Crippen LogP contribution < -0.4 is 9.64 Å². The van der Waals surface area contributed by atoms with Crippen LogP contribution in [0.15, 0.2) is 65.6 Å². The quantitative estimate of drug-likeness (QED) is 0.439. The van der Waals surface area contributed by atoms with E-state index in [1.807, 2.05) is 36.4 Å². The molecule has 0 atom stereocenters. The summed E-state index contributed by atoms with van der Waals surface area (Å²) >= 11 is 6.56. The van der Waals surface area contributed by atoms with Crippen LogP contribution in [0.4, 0.5) is 10.1 Å². The van der Waals surface area contributed by atoms with Crippen molar-refractivity contribution in [3.63, 3.8) is 0 Å². The number of anilines is 1. The SMILES string of the molecule is COc1ccc2ccccc2c1C=C1SC(=S)N(c2cccc(F)c2)C1=O. The van der Waals surface area contributed by atoms with Gasteiger partial charge in [0.1, 0.15) is 11.6 Å². The van der Waals surface area contributed by atoms with E-state index in [-0.39, 0.29) is 5.91 Å². The van der Waals surface area contributed by atoms with Gasteiger partial charge in [-0.2, -0.15) is 0 Å². The van der Waals surface area contributed by atoms with Crippen LogP contribution in [0.25, 0.3) is 16.8 Å². The highest BCUT2D eigenvalue weighted by molar-refractivity contribution is 8.27. The minimum atomic E-state index is -0.416. The zero-order chi connectivity index (χ0) is 19.0. The highest BCUT2D eigenvalue weighted by Crippen LogP contribution is 2.38. The molecule has 1 fully saturated rings. The van der Waals surface area contributed by atoms with Gasteiger partial charge < -0.3 is 4.74 Å². The van der Waals surface area contributed by atoms with Gasteiger partial charge in [-0.15, -0.1) is 0 Å². The van der Waals surface area contributed by atoms with Crippen molar-refractivity contribution in [2.75, 3.05) is 12.0 Å². The molecule has 0 bridgehead atoms. The van der Waals surface area contributed by atoms with Gasteiger partial charge in [-0.25, -0.2) is 4.39 Å². The van der Waals surface area contributed by atoms with Crippen LogP contribution >= 0.6 is 24.0 Å². The van der Waals surface area contributed by atoms with Gasteiger partial charge in [-0.1, -0.05) is 60.4 Å². The van der Waals surface area contributed by atoms with Gasteiger partial charge in [-0.3, -0.25) is 9.69 Å². The minimum Gasteiger partial charge on any atom is -0.496 e. The molecule has 1 saturated heterocycles. The van der Waals surface area contributed by atoms with Gasteiger partial charge in [0.15, 0.2) is 4.32 Å². The fraction of sp³-hybridized carbons (Fsp3) is 0.0476. The van der Waals surface area contributed by atoms with E-state index in [1.165, 1.54) is 28.8 Å². The summed E-state index contributed by atoms with van der Waals surface area (Å²) < 4.78 is 19.4. The third kappa shape index (κ3) is 3.22. The predicted octanol–water partition coefficient (Wildman–Crippen LogP) is 5.39. The Morgan fingerprint density at radius 3 is 2.70 bits per heavy atom. The first-order valence-electron chi connectivity index (χ1n) is 8.18. The number of nitrogens with zero attached hydrogens (tertiary/aromatic N) is 1. The molecule has 1 heterocycles. The third-order valence-corrected chi connectivity index (χ3v) is 5.59. The maximum absolute atomic E-state index is 13.6. The molecule has 0 radical (unpaired) electrons. The summed E-state index contributed by atoms with van der Waals surface area (Å²) in [5, 5.41) is 2.03. The summed E-state index contributed by atoms with van der Waals surface area (Å²) in [5.41, 5.74) is 1.24. The van der Waals surface area contributed by atoms with Crippen LogP contribution in [0.3, 0.4) is 0 Å². The van der Waals surface area contributed by atoms with E-state index in [0.29, 0.717) is 20.7 Å². The summed E-state index contributed by atoms with van der Waals surface area (Å²) in [6.07, 6.45) is 1.79. The molecule has 1 aliphatic heterocycles. The molecule has 0 N–H and O–H groups in total. The summed E-state index contributed by atoms with van der Waals surface area (Å²) in [6.45, 7) is 0. The molecule has 6 heteroatoms. The molecular formula is C21H14FNO2S2. The zero-order valence-corrected chi connectivity index (χ0v) is 15.9. The first-order chi connectivity index (χ1) is 13.1. The Balaban J connectivity index is 1.81. The Bertz CT molecular complexity index is 1110. The number of fused-ring (bicyclic) bond motifs is 1. The minimum absolute atomic E-state index is 0.273. The van der Waals surface area contributed by atoms with Gasteiger partial charge in [0.2, 0.25) is 0 Å². The number of hydrogen-bond donors (Lipinski definition) is 0. The van der Waals surface area contributed by atoms with Crippen molar-refractivity contribution in [1.29, 1.82) is 0 Å². The van der Waals surface area contributed by atoms with Gasteiger partial charge in [0.25, 0.3) is 5.91 Å². The zero-order valence-electron chi connectivity index (χ0n) is 14.3. The van der Waals surface area contributed by atoms with Crippen LogP contribution in [0.2, 0.25) is 0 Å². The van der Waals surface area contributed by atoms with Crippen molar-refractivity contribution in [2.24, 2.45) is 0 Å². The average Bonchev–Trinajstić information content (AvgIpc) is 2.95. The first kappa shape index (κ1) is 17.7. The molecule has 3 aromatic rings. The highest BCUT2D eigenvalue weighted by atomic mass is 32.2. The van der Waals surface area contributed by atoms with Crippen LogP contribution in [0.5, 0.6) is 5.75 Å². The Labute approximate surface area is 165 Å². The number of carbonyl (C=O) groups excluding carboxylic acids is 1. The second-order valence-corrected chi connectivity index (χ2v) is 7.58. The van der Waals surface area contributed by atoms with E-state index in [2.05, 4.69) is 0 Å². The van der Waals surface area contributed by atoms with Gasteiger partial charge >= 0.3 is 0 Å². The standard InChI is InChI=1S/C21H14FNO2S2/c1-25-18-10-9-13-5-2-3-8-16(13)17(18)12-19-20(24)23(21(26)27-19)15-7-4-6-14(22)11-15/h2-12H,1H3. The largest absolute Gasteiger partial charge is 0.496 e. The van der Waals surface area contributed by atoms with E-state index in [1.54, 1.807) is 25.3 Å². The summed E-state index contributed by atoms with van der Waals surface area (Å²) in [4.78, 5) is 14.8. The summed E-state index contributed by atoms with van der Waals surface area (Å²) in [6, 6.07) is 17.6. The third-order valence-electron chi connectivity index (χ3n) is 4.29. The second-order valence-electron chi connectivity index (χ2n) is 5.90.